The van der Waals surface area contributed by atoms with Gasteiger partial charge in [0.15, 0.2) is 5.78 Å². The maximum atomic E-state index is 9.91. The molecule has 0 aromatic carbocycles. The molecule has 0 heterocycles. The summed E-state index contributed by atoms with van der Waals surface area (Å²) in [5.41, 5.74) is 7.14. The molecule has 0 aromatic heterocycles. The minimum absolute atomic E-state index is 0.0833. The normalized spacial score (nSPS) is 19.3. The van der Waals surface area contributed by atoms with E-state index < -0.39 is 0 Å². The fourth-order valence-corrected chi connectivity index (χ4v) is 0.353. The Bertz CT molecular complexity index is 115. The summed E-state index contributed by atoms with van der Waals surface area (Å²) in [7, 11) is 0. The topological polar surface area (TPSA) is 40.9 Å². The lowest BCUT2D eigenvalue weighted by Crippen LogP contribution is -2.07. The van der Waals surface area contributed by atoms with Gasteiger partial charge in [0, 0.05) is 11.8 Å². The molecule has 1 radical (unpaired) electrons. The summed E-state index contributed by atoms with van der Waals surface area (Å²) in [6.45, 7) is 0. The van der Waals surface area contributed by atoms with Gasteiger partial charge in [-0.1, -0.05) is 0 Å². The highest BCUT2D eigenvalue weighted by atomic mass is 16.1. The Morgan fingerprint density at radius 3 is 2.33 bits per heavy atom. The van der Waals surface area contributed by atoms with Gasteiger partial charge in [0.25, 0.3) is 0 Å². The van der Waals surface area contributed by atoms with Gasteiger partial charge in [-0.3, -0.25) is 4.79 Å². The summed E-state index contributed by atoms with van der Waals surface area (Å²) in [6.07, 6.45) is 1.69. The highest BCUT2D eigenvalue weighted by Gasteiger charge is 2.10. The van der Waals surface area contributed by atoms with Gasteiger partial charge >= 0.3 is 0 Å². The number of ketones is 1. The van der Waals surface area contributed by atoms with Gasteiger partial charge in [-0.15, -0.1) is 0 Å². The van der Waals surface area contributed by atoms with Crippen molar-refractivity contribution in [1.29, 1.82) is 0 Å². The van der Waals surface area contributed by atoms with Crippen LogP contribution in [-0.4, -0.2) is 5.78 Å². The van der Waals surface area contributed by atoms with Crippen molar-refractivity contribution in [2.24, 2.45) is 0 Å². The van der Waals surface area contributed by atoms with Gasteiger partial charge in [-0.2, -0.15) is 0 Å². The molecule has 0 atom stereocenters. The molecule has 0 aromatic rings. The molecule has 1 rings (SSSR count). The number of carbonyl (C=O) groups excluding carboxylic acids is 1. The third kappa shape index (κ3) is 0.302. The van der Waals surface area contributed by atoms with E-state index in [0.29, 0.717) is 12.1 Å². The number of carbonyl (C=O) groups is 1. The zero-order valence-electron chi connectivity index (χ0n) is 3.19. The summed E-state index contributed by atoms with van der Waals surface area (Å²) in [4.78, 5) is 9.91. The molecule has 0 fully saturated rings. The van der Waals surface area contributed by atoms with E-state index in [9.17, 15) is 4.79 Å². The van der Waals surface area contributed by atoms with Crippen molar-refractivity contribution in [1.82, 2.24) is 5.73 Å². The highest BCUT2D eigenvalue weighted by molar-refractivity contribution is 5.98. The molecule has 0 unspecified atom stereocenters. The molecule has 31 valence electrons. The van der Waals surface area contributed by atoms with Gasteiger partial charge in [0.2, 0.25) is 0 Å². The maximum Gasteiger partial charge on any atom is 0.163 e. The zero-order valence-corrected chi connectivity index (χ0v) is 3.19. The van der Waals surface area contributed by atoms with E-state index in [2.05, 4.69) is 0 Å². The van der Waals surface area contributed by atoms with Crippen LogP contribution in [0.15, 0.2) is 11.8 Å². The van der Waals surface area contributed by atoms with Crippen LogP contribution in [0.2, 0.25) is 0 Å². The van der Waals surface area contributed by atoms with Crippen LogP contribution in [0.3, 0.4) is 0 Å². The Labute approximate surface area is 35.6 Å². The molecule has 1 aliphatic rings. The Morgan fingerprint density at radius 1 is 1.83 bits per heavy atom. The Balaban J connectivity index is 2.68. The van der Waals surface area contributed by atoms with E-state index in [1.54, 1.807) is 0 Å². The molecule has 2 heteroatoms. The Morgan fingerprint density at radius 2 is 2.33 bits per heavy atom. The van der Waals surface area contributed by atoms with Crippen LogP contribution >= 0.6 is 0 Å². The van der Waals surface area contributed by atoms with Crippen molar-refractivity contribution in [2.45, 2.75) is 6.42 Å². The summed E-state index contributed by atoms with van der Waals surface area (Å²) in [5.74, 6) is 0.0833. The molecule has 0 bridgehead atoms. The van der Waals surface area contributed by atoms with Crippen LogP contribution in [0.25, 0.3) is 0 Å². The van der Waals surface area contributed by atoms with Crippen molar-refractivity contribution >= 4 is 5.78 Å². The summed E-state index contributed by atoms with van der Waals surface area (Å²) in [5, 5.41) is 0. The van der Waals surface area contributed by atoms with Gasteiger partial charge in [0.05, 0.1) is 6.42 Å². The third-order valence-corrected chi connectivity index (χ3v) is 0.700. The van der Waals surface area contributed by atoms with Gasteiger partial charge in [-0.25, -0.2) is 0 Å². The lowest BCUT2D eigenvalue weighted by molar-refractivity contribution is -0.115. The molecule has 0 saturated heterocycles. The first kappa shape index (κ1) is 3.40. The second kappa shape index (κ2) is 0.834. The van der Waals surface area contributed by atoms with Crippen molar-refractivity contribution in [2.75, 3.05) is 0 Å². The van der Waals surface area contributed by atoms with Crippen molar-refractivity contribution in [3.05, 3.63) is 11.8 Å². The first-order chi connectivity index (χ1) is 2.79. The van der Waals surface area contributed by atoms with E-state index in [1.807, 2.05) is 0 Å². The molecule has 0 aliphatic heterocycles. The Hall–Kier alpha value is -0.790. The van der Waals surface area contributed by atoms with Crippen LogP contribution in [0.1, 0.15) is 6.42 Å². The number of rotatable bonds is 0. The van der Waals surface area contributed by atoms with Gasteiger partial charge in [0.1, 0.15) is 0 Å². The van der Waals surface area contributed by atoms with Crippen LogP contribution in [0.5, 0.6) is 0 Å². The zero-order chi connectivity index (χ0) is 4.57. The van der Waals surface area contributed by atoms with Crippen LogP contribution in [-0.2, 0) is 4.79 Å². The molecular weight excluding hydrogens is 78.0 g/mol. The second-order valence-corrected chi connectivity index (χ2v) is 1.31. The third-order valence-electron chi connectivity index (χ3n) is 0.700. The quantitative estimate of drug-likeness (QED) is 0.409. The predicted octanol–water partition coefficient (Wildman–Crippen LogP) is 0.126. The minimum Gasteiger partial charge on any atom is -0.305 e. The van der Waals surface area contributed by atoms with Crippen LogP contribution < -0.4 is 5.73 Å². The van der Waals surface area contributed by atoms with Crippen molar-refractivity contribution < 1.29 is 4.79 Å². The van der Waals surface area contributed by atoms with E-state index in [0.717, 1.165) is 0 Å². The van der Waals surface area contributed by atoms with Gasteiger partial charge in [-0.05, 0) is 0 Å². The molecule has 0 amide bonds. The van der Waals surface area contributed by atoms with E-state index >= 15 is 0 Å². The summed E-state index contributed by atoms with van der Waals surface area (Å²) < 4.78 is 0. The SMILES string of the molecule is [NH]C1=CC(=O)C1. The standard InChI is InChI=1S/C4H4NO/c5-3-1-4(6)2-3/h1,5H,2H2. The fourth-order valence-electron chi connectivity index (χ4n) is 0.353. The smallest absolute Gasteiger partial charge is 0.163 e. The number of hydrogen-bond donors (Lipinski definition) is 0. The minimum atomic E-state index is 0.0833. The molecule has 0 spiro atoms. The van der Waals surface area contributed by atoms with E-state index in [4.69, 9.17) is 5.73 Å². The largest absolute Gasteiger partial charge is 0.305 e. The maximum absolute atomic E-state index is 9.91. The van der Waals surface area contributed by atoms with E-state index in [1.165, 1.54) is 6.08 Å². The van der Waals surface area contributed by atoms with E-state index in [-0.39, 0.29) is 5.78 Å². The molecular formula is C4H4NO. The van der Waals surface area contributed by atoms with Crippen molar-refractivity contribution in [3.63, 3.8) is 0 Å². The molecule has 1 N–H and O–H groups in total. The summed E-state index contributed by atoms with van der Waals surface area (Å²) in [6, 6.07) is 0. The monoisotopic (exact) mass is 82.0 g/mol. The Kier molecular flexibility index (Phi) is 0.473. The molecule has 2 nitrogen and oxygen atoms in total. The number of hydrogen-bond acceptors (Lipinski definition) is 1. The van der Waals surface area contributed by atoms with Gasteiger partial charge < -0.3 is 5.73 Å². The average molecular weight is 82.1 g/mol. The van der Waals surface area contributed by atoms with Crippen molar-refractivity contribution in [3.8, 4) is 0 Å². The first-order valence-corrected chi connectivity index (χ1v) is 1.74. The predicted molar refractivity (Wildman–Crippen MR) is 20.8 cm³/mol. The lowest BCUT2D eigenvalue weighted by atomic mass is 10.1. The summed E-state index contributed by atoms with van der Waals surface area (Å²) >= 11 is 0. The van der Waals surface area contributed by atoms with Crippen LogP contribution in [0.4, 0.5) is 0 Å². The first-order valence-electron chi connectivity index (χ1n) is 1.74. The lowest BCUT2D eigenvalue weighted by Gasteiger charge is -2.02. The molecule has 6 heavy (non-hydrogen) atoms. The number of nitrogens with one attached hydrogen (secondary N) is 1. The average Bonchev–Trinajstić information content (AvgIpc) is 1.33. The number of allylic oxidation sites excluding steroid dienone is 2. The van der Waals surface area contributed by atoms with Crippen LogP contribution in [0, 0.1) is 0 Å². The second-order valence-electron chi connectivity index (χ2n) is 1.31. The molecule has 0 saturated carbocycles. The molecule has 1 aliphatic carbocycles. The highest BCUT2D eigenvalue weighted by Crippen LogP contribution is 2.07. The fraction of sp³-hybridized carbons (Fsp3) is 0.250.